The van der Waals surface area contributed by atoms with Crippen molar-refractivity contribution >= 4 is 23.3 Å². The van der Waals surface area contributed by atoms with Crippen molar-refractivity contribution in [2.75, 3.05) is 7.11 Å². The number of nitrogens with zero attached hydrogens (tertiary/aromatic N) is 3. The summed E-state index contributed by atoms with van der Waals surface area (Å²) < 4.78 is 7.17. The highest BCUT2D eigenvalue weighted by atomic mass is 35.5. The number of benzene rings is 2. The van der Waals surface area contributed by atoms with E-state index in [9.17, 15) is 19.5 Å². The molecule has 0 aliphatic heterocycles. The molecule has 0 saturated carbocycles. The average molecular weight is 473 g/mol. The van der Waals surface area contributed by atoms with Crippen LogP contribution in [0.4, 0.5) is 5.69 Å². The standard InChI is InChI=1S/C23H25ClN4O5/c1-4-23(2,19(30)33-3)14-28-21(31)26-20(25-17-9-11-18(29)12-10-17)27(22(28)32)13-15-5-7-16(24)8-6-15/h5-12,29H,4,13-14H2,1-3H3,(H,25,26,31). The normalized spacial score (nSPS) is 13.5. The van der Waals surface area contributed by atoms with Gasteiger partial charge in [-0.2, -0.15) is 0 Å². The van der Waals surface area contributed by atoms with Crippen LogP contribution in [-0.4, -0.2) is 32.3 Å². The fourth-order valence-electron chi connectivity index (χ4n) is 3.26. The molecule has 0 aliphatic carbocycles. The largest absolute Gasteiger partial charge is 0.508 e. The number of aromatic amines is 1. The number of carbonyl (C=O) groups excluding carboxylic acids is 1. The second-order valence-electron chi connectivity index (χ2n) is 7.87. The van der Waals surface area contributed by atoms with Gasteiger partial charge in [0.2, 0.25) is 5.62 Å². The Morgan fingerprint density at radius 3 is 2.33 bits per heavy atom. The monoisotopic (exact) mass is 472 g/mol. The molecule has 1 unspecified atom stereocenters. The molecule has 174 valence electrons. The van der Waals surface area contributed by atoms with E-state index >= 15 is 0 Å². The minimum absolute atomic E-state index is 0.0261. The Morgan fingerprint density at radius 2 is 1.76 bits per heavy atom. The first-order valence-electron chi connectivity index (χ1n) is 10.3. The molecule has 2 aromatic carbocycles. The number of hydrogen-bond acceptors (Lipinski definition) is 6. The first-order chi connectivity index (χ1) is 15.7. The maximum atomic E-state index is 13.5. The molecule has 33 heavy (non-hydrogen) atoms. The van der Waals surface area contributed by atoms with Gasteiger partial charge in [-0.15, -0.1) is 0 Å². The zero-order valence-corrected chi connectivity index (χ0v) is 19.3. The van der Waals surface area contributed by atoms with Gasteiger partial charge in [-0.1, -0.05) is 30.7 Å². The lowest BCUT2D eigenvalue weighted by atomic mass is 9.87. The van der Waals surface area contributed by atoms with Crippen molar-refractivity contribution in [1.82, 2.24) is 14.1 Å². The molecule has 9 nitrogen and oxygen atoms in total. The summed E-state index contributed by atoms with van der Waals surface area (Å²) >= 11 is 5.97. The number of rotatable bonds is 7. The number of carbonyl (C=O) groups is 1. The summed E-state index contributed by atoms with van der Waals surface area (Å²) in [5.74, 6) is -0.452. The van der Waals surface area contributed by atoms with Gasteiger partial charge in [0.05, 0.1) is 24.8 Å². The Kier molecular flexibility index (Phi) is 7.23. The van der Waals surface area contributed by atoms with Crippen LogP contribution >= 0.6 is 11.6 Å². The van der Waals surface area contributed by atoms with E-state index < -0.39 is 22.8 Å². The third-order valence-electron chi connectivity index (χ3n) is 5.49. The number of hydrogen-bond donors (Lipinski definition) is 2. The highest BCUT2D eigenvalue weighted by Crippen LogP contribution is 2.24. The number of ether oxygens (including phenoxy) is 1. The summed E-state index contributed by atoms with van der Waals surface area (Å²) in [7, 11) is 1.27. The molecule has 1 aromatic heterocycles. The maximum absolute atomic E-state index is 13.5. The first-order valence-corrected chi connectivity index (χ1v) is 10.6. The lowest BCUT2D eigenvalue weighted by molar-refractivity contribution is -0.153. The maximum Gasteiger partial charge on any atom is 0.335 e. The van der Waals surface area contributed by atoms with Crippen LogP contribution in [0.1, 0.15) is 25.8 Å². The van der Waals surface area contributed by atoms with Gasteiger partial charge >= 0.3 is 17.3 Å². The predicted octanol–water partition coefficient (Wildman–Crippen LogP) is 2.57. The second-order valence-corrected chi connectivity index (χ2v) is 8.31. The molecule has 0 spiro atoms. The molecule has 1 atom stereocenters. The van der Waals surface area contributed by atoms with E-state index in [4.69, 9.17) is 16.3 Å². The summed E-state index contributed by atoms with van der Waals surface area (Å²) in [5, 5.41) is 10.1. The van der Waals surface area contributed by atoms with Crippen LogP contribution in [-0.2, 0) is 22.6 Å². The van der Waals surface area contributed by atoms with E-state index in [0.29, 0.717) is 17.1 Å². The van der Waals surface area contributed by atoms with Crippen LogP contribution in [0.3, 0.4) is 0 Å². The van der Waals surface area contributed by atoms with Crippen LogP contribution in [0.5, 0.6) is 5.75 Å². The Morgan fingerprint density at radius 1 is 1.12 bits per heavy atom. The van der Waals surface area contributed by atoms with Crippen LogP contribution in [0.2, 0.25) is 5.02 Å². The van der Waals surface area contributed by atoms with Crippen molar-refractivity contribution in [1.29, 1.82) is 0 Å². The average Bonchev–Trinajstić information content (AvgIpc) is 2.81. The van der Waals surface area contributed by atoms with Crippen molar-refractivity contribution in [3.8, 4) is 5.75 Å². The van der Waals surface area contributed by atoms with Crippen molar-refractivity contribution in [3.63, 3.8) is 0 Å². The van der Waals surface area contributed by atoms with E-state index in [1.54, 1.807) is 50.2 Å². The van der Waals surface area contributed by atoms with E-state index in [-0.39, 0.29) is 24.5 Å². The fraction of sp³-hybridized carbons (Fsp3) is 0.304. The molecule has 0 aliphatic rings. The molecule has 1 heterocycles. The Bertz CT molecular complexity index is 1320. The molecule has 0 radical (unpaired) electrons. The number of aromatic hydroxyl groups is 1. The quantitative estimate of drug-likeness (QED) is 0.512. The van der Waals surface area contributed by atoms with Crippen molar-refractivity contribution < 1.29 is 14.6 Å². The van der Waals surface area contributed by atoms with Gasteiger partial charge in [-0.25, -0.2) is 19.1 Å². The number of phenolic OH excluding ortho intramolecular Hbond substituents is 1. The number of esters is 1. The van der Waals surface area contributed by atoms with Crippen molar-refractivity contribution in [2.45, 2.75) is 33.4 Å². The van der Waals surface area contributed by atoms with E-state index in [0.717, 1.165) is 10.1 Å². The number of nitrogens with one attached hydrogen (secondary N) is 1. The van der Waals surface area contributed by atoms with E-state index in [1.807, 2.05) is 0 Å². The van der Waals surface area contributed by atoms with Crippen LogP contribution in [0, 0.1) is 5.41 Å². The zero-order chi connectivity index (χ0) is 24.2. The lowest BCUT2D eigenvalue weighted by Crippen LogP contribution is -2.52. The summed E-state index contributed by atoms with van der Waals surface area (Å²) in [6.45, 7) is 3.37. The lowest BCUT2D eigenvalue weighted by Gasteiger charge is -2.25. The smallest absolute Gasteiger partial charge is 0.335 e. The van der Waals surface area contributed by atoms with Crippen LogP contribution < -0.4 is 17.0 Å². The molecular weight excluding hydrogens is 448 g/mol. The van der Waals surface area contributed by atoms with Crippen LogP contribution in [0.15, 0.2) is 63.1 Å². The van der Waals surface area contributed by atoms with Crippen LogP contribution in [0.25, 0.3) is 0 Å². The Hall–Kier alpha value is -3.59. The second kappa shape index (κ2) is 9.91. The van der Waals surface area contributed by atoms with Gasteiger partial charge in [0, 0.05) is 11.6 Å². The highest BCUT2D eigenvalue weighted by molar-refractivity contribution is 6.30. The molecule has 0 saturated heterocycles. The molecule has 3 aromatic rings. The molecule has 2 N–H and O–H groups in total. The van der Waals surface area contributed by atoms with Gasteiger partial charge < -0.3 is 9.84 Å². The SMILES string of the molecule is CCC(C)(Cn1c(=O)[nH]/c(=N\c2ccc(O)cc2)n(Cc2ccc(Cl)cc2)c1=O)C(=O)OC. The summed E-state index contributed by atoms with van der Waals surface area (Å²) in [6.07, 6.45) is 0.363. The van der Waals surface area contributed by atoms with Gasteiger partial charge in [-0.3, -0.25) is 14.3 Å². The third kappa shape index (κ3) is 5.43. The first kappa shape index (κ1) is 24.1. The van der Waals surface area contributed by atoms with Gasteiger partial charge in [-0.05, 0) is 55.3 Å². The molecule has 0 amide bonds. The van der Waals surface area contributed by atoms with Crippen molar-refractivity contribution in [3.05, 3.63) is 85.7 Å². The highest BCUT2D eigenvalue weighted by Gasteiger charge is 2.34. The van der Waals surface area contributed by atoms with Crippen molar-refractivity contribution in [2.24, 2.45) is 10.4 Å². The zero-order valence-electron chi connectivity index (χ0n) is 18.5. The third-order valence-corrected chi connectivity index (χ3v) is 5.74. The number of aromatic nitrogens is 3. The molecule has 10 heteroatoms. The summed E-state index contributed by atoms with van der Waals surface area (Å²) in [4.78, 5) is 45.7. The molecular formula is C23H25ClN4O5. The van der Waals surface area contributed by atoms with E-state index in [2.05, 4.69) is 9.98 Å². The fourth-order valence-corrected chi connectivity index (χ4v) is 3.39. The van der Waals surface area contributed by atoms with E-state index in [1.165, 1.54) is 23.8 Å². The Labute approximate surface area is 194 Å². The Balaban J connectivity index is 2.20. The number of H-pyrrole nitrogens is 1. The number of halogens is 1. The predicted molar refractivity (Wildman–Crippen MR) is 124 cm³/mol. The van der Waals surface area contributed by atoms with Gasteiger partial charge in [0.15, 0.2) is 0 Å². The topological polar surface area (TPSA) is 119 Å². The molecule has 0 fully saturated rings. The summed E-state index contributed by atoms with van der Waals surface area (Å²) in [5.41, 5.74) is -1.19. The van der Waals surface area contributed by atoms with Gasteiger partial charge in [0.1, 0.15) is 5.75 Å². The number of phenols is 1. The summed E-state index contributed by atoms with van der Waals surface area (Å²) in [6, 6.07) is 12.9. The molecule has 3 rings (SSSR count). The number of methoxy groups -OCH3 is 1. The van der Waals surface area contributed by atoms with Gasteiger partial charge in [0.25, 0.3) is 0 Å². The molecule has 0 bridgehead atoms. The minimum Gasteiger partial charge on any atom is -0.508 e. The minimum atomic E-state index is -1.07.